The second kappa shape index (κ2) is 6.99. The van der Waals surface area contributed by atoms with Gasteiger partial charge in [0.1, 0.15) is 0 Å². The van der Waals surface area contributed by atoms with Crippen LogP contribution in [0.25, 0.3) is 11.1 Å². The number of nitrogens with one attached hydrogen (secondary N) is 1. The van der Waals surface area contributed by atoms with Gasteiger partial charge in [-0.25, -0.2) is 13.1 Å². The molecule has 0 fully saturated rings. The van der Waals surface area contributed by atoms with E-state index in [2.05, 4.69) is 16.9 Å². The zero-order valence-electron chi connectivity index (χ0n) is 13.4. The smallest absolute Gasteiger partial charge is 0.207 e. The molecule has 3 aromatic carbocycles. The number of sulfonamides is 1. The molecule has 122 valence electrons. The Morgan fingerprint density at radius 2 is 1.21 bits per heavy atom. The number of rotatable bonds is 5. The maximum Gasteiger partial charge on any atom is 0.241 e. The Morgan fingerprint density at radius 3 is 1.79 bits per heavy atom. The van der Waals surface area contributed by atoms with Crippen molar-refractivity contribution in [3.8, 4) is 11.1 Å². The van der Waals surface area contributed by atoms with E-state index < -0.39 is 10.0 Å². The third kappa shape index (κ3) is 3.72. The van der Waals surface area contributed by atoms with E-state index in [1.54, 1.807) is 30.3 Å². The minimum Gasteiger partial charge on any atom is -0.207 e. The number of benzene rings is 3. The quantitative estimate of drug-likeness (QED) is 0.750. The van der Waals surface area contributed by atoms with Gasteiger partial charge in [-0.1, -0.05) is 72.8 Å². The van der Waals surface area contributed by atoms with Crippen LogP contribution >= 0.6 is 0 Å². The molecule has 3 rings (SSSR count). The molecule has 0 aliphatic rings. The zero-order chi connectivity index (χ0) is 17.0. The van der Waals surface area contributed by atoms with E-state index in [0.29, 0.717) is 0 Å². The standard InChI is InChI=1S/C20H19NO2S/c1-16(21-24(22,23)20-10-6-3-7-11-20)17-12-14-19(15-13-17)18-8-4-2-5-9-18/h2-16,21H,1H3. The maximum atomic E-state index is 12.4. The molecule has 3 nitrogen and oxygen atoms in total. The summed E-state index contributed by atoms with van der Waals surface area (Å²) in [6, 6.07) is 26.1. The van der Waals surface area contributed by atoms with Gasteiger partial charge in [0.25, 0.3) is 0 Å². The molecule has 24 heavy (non-hydrogen) atoms. The van der Waals surface area contributed by atoms with Gasteiger partial charge in [-0.05, 0) is 35.7 Å². The molecule has 0 saturated carbocycles. The third-order valence-corrected chi connectivity index (χ3v) is 5.46. The van der Waals surface area contributed by atoms with Gasteiger partial charge < -0.3 is 0 Å². The van der Waals surface area contributed by atoms with Gasteiger partial charge in [0.2, 0.25) is 10.0 Å². The highest BCUT2D eigenvalue weighted by molar-refractivity contribution is 7.89. The molecule has 0 bridgehead atoms. The molecule has 0 aliphatic heterocycles. The average Bonchev–Trinajstić information content (AvgIpc) is 2.63. The van der Waals surface area contributed by atoms with Crippen molar-refractivity contribution >= 4 is 10.0 Å². The summed E-state index contributed by atoms with van der Waals surface area (Å²) in [4.78, 5) is 0.276. The van der Waals surface area contributed by atoms with Gasteiger partial charge in [0.05, 0.1) is 4.90 Å². The Hall–Kier alpha value is -2.43. The van der Waals surface area contributed by atoms with Crippen LogP contribution in [0.4, 0.5) is 0 Å². The van der Waals surface area contributed by atoms with Gasteiger partial charge in [-0.15, -0.1) is 0 Å². The maximum absolute atomic E-state index is 12.4. The molecular formula is C20H19NO2S. The van der Waals surface area contributed by atoms with Gasteiger partial charge in [-0.3, -0.25) is 0 Å². The van der Waals surface area contributed by atoms with Crippen LogP contribution < -0.4 is 4.72 Å². The fourth-order valence-electron chi connectivity index (χ4n) is 2.56. The van der Waals surface area contributed by atoms with Crippen molar-refractivity contribution in [2.75, 3.05) is 0 Å². The molecular weight excluding hydrogens is 318 g/mol. The lowest BCUT2D eigenvalue weighted by atomic mass is 10.0. The SMILES string of the molecule is CC(NS(=O)(=O)c1ccccc1)c1ccc(-c2ccccc2)cc1. The highest BCUT2D eigenvalue weighted by atomic mass is 32.2. The highest BCUT2D eigenvalue weighted by Gasteiger charge is 2.17. The fraction of sp³-hybridized carbons (Fsp3) is 0.100. The first-order valence-electron chi connectivity index (χ1n) is 7.79. The second-order valence-electron chi connectivity index (χ2n) is 5.64. The molecule has 0 amide bonds. The second-order valence-corrected chi connectivity index (χ2v) is 7.36. The lowest BCUT2D eigenvalue weighted by Gasteiger charge is -2.15. The van der Waals surface area contributed by atoms with Crippen molar-refractivity contribution in [2.24, 2.45) is 0 Å². The van der Waals surface area contributed by atoms with Crippen LogP contribution in [0.5, 0.6) is 0 Å². The Morgan fingerprint density at radius 1 is 0.708 bits per heavy atom. The summed E-state index contributed by atoms with van der Waals surface area (Å²) in [6.45, 7) is 1.85. The topological polar surface area (TPSA) is 46.2 Å². The molecule has 0 radical (unpaired) electrons. The monoisotopic (exact) mass is 337 g/mol. The lowest BCUT2D eigenvalue weighted by molar-refractivity contribution is 0.567. The Bertz CT molecular complexity index is 889. The van der Waals surface area contributed by atoms with Crippen LogP contribution in [0.2, 0.25) is 0 Å². The first kappa shape index (κ1) is 16.4. The summed E-state index contributed by atoms with van der Waals surface area (Å²) in [5.41, 5.74) is 3.17. The Labute approximate surface area is 143 Å². The van der Waals surface area contributed by atoms with Crippen LogP contribution in [0.3, 0.4) is 0 Å². The first-order valence-corrected chi connectivity index (χ1v) is 9.27. The number of hydrogen-bond donors (Lipinski definition) is 1. The van der Waals surface area contributed by atoms with E-state index in [4.69, 9.17) is 0 Å². The Balaban J connectivity index is 1.77. The van der Waals surface area contributed by atoms with Crippen molar-refractivity contribution in [1.82, 2.24) is 4.72 Å². The van der Waals surface area contributed by atoms with Crippen molar-refractivity contribution in [1.29, 1.82) is 0 Å². The molecule has 1 atom stereocenters. The molecule has 1 unspecified atom stereocenters. The molecule has 0 spiro atoms. The Kier molecular flexibility index (Phi) is 4.79. The van der Waals surface area contributed by atoms with Crippen molar-refractivity contribution < 1.29 is 8.42 Å². The normalized spacial score (nSPS) is 12.7. The largest absolute Gasteiger partial charge is 0.241 e. The van der Waals surface area contributed by atoms with Gasteiger partial charge in [-0.2, -0.15) is 0 Å². The van der Waals surface area contributed by atoms with Gasteiger partial charge in [0.15, 0.2) is 0 Å². The van der Waals surface area contributed by atoms with E-state index >= 15 is 0 Å². The summed E-state index contributed by atoms with van der Waals surface area (Å²) in [7, 11) is -3.52. The van der Waals surface area contributed by atoms with E-state index in [9.17, 15) is 8.42 Å². The summed E-state index contributed by atoms with van der Waals surface area (Å²) < 4.78 is 27.5. The lowest BCUT2D eigenvalue weighted by Crippen LogP contribution is -2.26. The van der Waals surface area contributed by atoms with E-state index in [1.165, 1.54) is 0 Å². The minimum absolute atomic E-state index is 0.276. The summed E-state index contributed by atoms with van der Waals surface area (Å²) in [5.74, 6) is 0. The summed E-state index contributed by atoms with van der Waals surface area (Å²) in [5, 5.41) is 0. The van der Waals surface area contributed by atoms with Gasteiger partial charge >= 0.3 is 0 Å². The van der Waals surface area contributed by atoms with Crippen LogP contribution in [-0.2, 0) is 10.0 Å². The summed E-state index contributed by atoms with van der Waals surface area (Å²) in [6.07, 6.45) is 0. The van der Waals surface area contributed by atoms with Crippen LogP contribution in [0.15, 0.2) is 89.8 Å². The molecule has 1 N–H and O–H groups in total. The molecule has 0 heterocycles. The first-order chi connectivity index (χ1) is 11.6. The van der Waals surface area contributed by atoms with Crippen molar-refractivity contribution in [3.05, 3.63) is 90.5 Å². The molecule has 4 heteroatoms. The summed E-state index contributed by atoms with van der Waals surface area (Å²) >= 11 is 0. The zero-order valence-corrected chi connectivity index (χ0v) is 14.2. The molecule has 0 aromatic heterocycles. The van der Waals surface area contributed by atoms with Crippen molar-refractivity contribution in [3.63, 3.8) is 0 Å². The van der Waals surface area contributed by atoms with E-state index in [1.807, 2.05) is 49.4 Å². The molecule has 0 saturated heterocycles. The molecule has 0 aliphatic carbocycles. The predicted molar refractivity (Wildman–Crippen MR) is 97.1 cm³/mol. The predicted octanol–water partition coefficient (Wildman–Crippen LogP) is 4.39. The minimum atomic E-state index is -3.52. The molecule has 3 aromatic rings. The van der Waals surface area contributed by atoms with Crippen LogP contribution in [0.1, 0.15) is 18.5 Å². The fourth-order valence-corrected chi connectivity index (χ4v) is 3.82. The van der Waals surface area contributed by atoms with E-state index in [0.717, 1.165) is 16.7 Å². The van der Waals surface area contributed by atoms with Crippen LogP contribution in [0, 0.1) is 0 Å². The van der Waals surface area contributed by atoms with Crippen molar-refractivity contribution in [2.45, 2.75) is 17.9 Å². The van der Waals surface area contributed by atoms with Gasteiger partial charge in [0, 0.05) is 6.04 Å². The average molecular weight is 337 g/mol. The van der Waals surface area contributed by atoms with Crippen LogP contribution in [-0.4, -0.2) is 8.42 Å². The third-order valence-electron chi connectivity index (χ3n) is 3.90. The van der Waals surface area contributed by atoms with E-state index in [-0.39, 0.29) is 10.9 Å². The highest BCUT2D eigenvalue weighted by Crippen LogP contribution is 2.22. The number of hydrogen-bond acceptors (Lipinski definition) is 2.